The molecule has 0 spiro atoms. The summed E-state index contributed by atoms with van der Waals surface area (Å²) in [5, 5.41) is 12.6. The van der Waals surface area contributed by atoms with E-state index in [1.165, 1.54) is 0 Å². The van der Waals surface area contributed by atoms with Crippen molar-refractivity contribution >= 4 is 31.5 Å². The van der Waals surface area contributed by atoms with Gasteiger partial charge >= 0.3 is 0 Å². The third kappa shape index (κ3) is 5.56. The second-order valence-corrected chi connectivity index (χ2v) is 16.2. The molecular formula is C28H36ClN5O2Si. The lowest BCUT2D eigenvalue weighted by Crippen LogP contribution is -2.41. The van der Waals surface area contributed by atoms with Crippen LogP contribution < -0.4 is 5.32 Å². The summed E-state index contributed by atoms with van der Waals surface area (Å²) >= 11 is 6.22. The van der Waals surface area contributed by atoms with Gasteiger partial charge in [-0.2, -0.15) is 0 Å². The van der Waals surface area contributed by atoms with Gasteiger partial charge in [-0.05, 0) is 61.8 Å². The number of nitrogens with zero attached hydrogens (tertiary/aromatic N) is 4. The first-order valence-corrected chi connectivity index (χ1v) is 16.0. The molecule has 1 aliphatic rings. The maximum absolute atomic E-state index is 12.9. The van der Waals surface area contributed by atoms with Gasteiger partial charge < -0.3 is 9.74 Å². The Bertz CT molecular complexity index is 1330. The van der Waals surface area contributed by atoms with Crippen molar-refractivity contribution in [3.8, 4) is 5.69 Å². The Kier molecular flexibility index (Phi) is 7.74. The van der Waals surface area contributed by atoms with Crippen molar-refractivity contribution < 1.29 is 9.22 Å². The van der Waals surface area contributed by atoms with Crippen LogP contribution in [0.1, 0.15) is 73.3 Å². The minimum atomic E-state index is -2.04. The van der Waals surface area contributed by atoms with Crippen molar-refractivity contribution in [3.63, 3.8) is 0 Å². The van der Waals surface area contributed by atoms with Crippen LogP contribution >= 0.6 is 11.6 Å². The Labute approximate surface area is 225 Å². The quantitative estimate of drug-likeness (QED) is 0.359. The molecule has 4 rings (SSSR count). The molecule has 1 amide bonds. The number of benzene rings is 2. The summed E-state index contributed by atoms with van der Waals surface area (Å²) in [5.74, 6) is 1.37. The van der Waals surface area contributed by atoms with Gasteiger partial charge in [-0.15, -0.1) is 10.2 Å². The van der Waals surface area contributed by atoms with Crippen LogP contribution in [0.15, 0.2) is 47.5 Å². The number of hydrogen-bond acceptors (Lipinski definition) is 5. The molecule has 1 N–H and O–H groups in total. The van der Waals surface area contributed by atoms with Gasteiger partial charge in [0.1, 0.15) is 11.9 Å². The lowest BCUT2D eigenvalue weighted by Gasteiger charge is -2.36. The van der Waals surface area contributed by atoms with Crippen molar-refractivity contribution in [2.75, 3.05) is 13.2 Å². The Morgan fingerprint density at radius 1 is 1.14 bits per heavy atom. The van der Waals surface area contributed by atoms with Crippen LogP contribution in [0.25, 0.3) is 5.69 Å². The van der Waals surface area contributed by atoms with Crippen LogP contribution in [-0.4, -0.2) is 47.9 Å². The maximum atomic E-state index is 12.9. The summed E-state index contributed by atoms with van der Waals surface area (Å²) < 4.78 is 8.67. The summed E-state index contributed by atoms with van der Waals surface area (Å²) in [4.78, 5) is 18.1. The fourth-order valence-electron chi connectivity index (χ4n) is 4.03. The first-order valence-electron chi connectivity index (χ1n) is 12.8. The normalized spacial score (nSPS) is 15.5. The monoisotopic (exact) mass is 537 g/mol. The highest BCUT2D eigenvalue weighted by Gasteiger charge is 2.39. The van der Waals surface area contributed by atoms with E-state index in [1.807, 2.05) is 60.9 Å². The number of amides is 1. The minimum absolute atomic E-state index is 0.0633. The molecule has 2 aromatic carbocycles. The maximum Gasteiger partial charge on any atom is 0.251 e. The van der Waals surface area contributed by atoms with E-state index < -0.39 is 8.32 Å². The number of aromatic nitrogens is 3. The summed E-state index contributed by atoms with van der Waals surface area (Å²) in [6.07, 6.45) is 0.868. The van der Waals surface area contributed by atoms with Gasteiger partial charge in [0, 0.05) is 28.3 Å². The van der Waals surface area contributed by atoms with Crippen molar-refractivity contribution in [3.05, 3.63) is 75.8 Å². The number of fused-ring (bicyclic) bond motifs is 3. The highest BCUT2D eigenvalue weighted by molar-refractivity contribution is 6.74. The molecule has 0 fully saturated rings. The van der Waals surface area contributed by atoms with Crippen LogP contribution in [0.2, 0.25) is 23.2 Å². The van der Waals surface area contributed by atoms with Gasteiger partial charge in [0.05, 0.1) is 18.0 Å². The van der Waals surface area contributed by atoms with E-state index in [0.29, 0.717) is 23.7 Å². The Morgan fingerprint density at radius 2 is 1.84 bits per heavy atom. The molecule has 0 saturated heterocycles. The summed E-state index contributed by atoms with van der Waals surface area (Å²) in [7, 11) is -2.04. The minimum Gasteiger partial charge on any atom is -0.414 e. The zero-order chi connectivity index (χ0) is 27.0. The van der Waals surface area contributed by atoms with E-state index in [9.17, 15) is 4.79 Å². The van der Waals surface area contributed by atoms with Crippen molar-refractivity contribution in [1.29, 1.82) is 0 Å². The highest BCUT2D eigenvalue weighted by atomic mass is 35.5. The van der Waals surface area contributed by atoms with Crippen molar-refractivity contribution in [2.24, 2.45) is 4.99 Å². The third-order valence-corrected chi connectivity index (χ3v) is 12.0. The molecule has 0 saturated carbocycles. The molecule has 2 heterocycles. The van der Waals surface area contributed by atoms with Gasteiger partial charge in [-0.3, -0.25) is 14.4 Å². The Hall–Kier alpha value is -2.81. The Morgan fingerprint density at radius 3 is 2.49 bits per heavy atom. The molecule has 0 aliphatic carbocycles. The molecule has 37 heavy (non-hydrogen) atoms. The number of aliphatic imine (C=N–C) groups is 1. The number of nitrogens with one attached hydrogen (secondary N) is 1. The number of halogens is 1. The summed E-state index contributed by atoms with van der Waals surface area (Å²) in [6.45, 7) is 16.1. The van der Waals surface area contributed by atoms with E-state index in [4.69, 9.17) is 21.0 Å². The largest absolute Gasteiger partial charge is 0.414 e. The van der Waals surface area contributed by atoms with Crippen molar-refractivity contribution in [2.45, 2.75) is 65.2 Å². The molecular weight excluding hydrogens is 502 g/mol. The molecule has 196 valence electrons. The van der Waals surface area contributed by atoms with Crippen LogP contribution in [0.3, 0.4) is 0 Å². The first-order chi connectivity index (χ1) is 17.4. The number of rotatable bonds is 7. The fraction of sp³-hybridized carbons (Fsp3) is 0.429. The van der Waals surface area contributed by atoms with Crippen LogP contribution in [0.5, 0.6) is 0 Å². The topological polar surface area (TPSA) is 81.4 Å². The molecule has 1 aromatic heterocycles. The number of carbonyl (C=O) groups excluding carboxylic acids is 1. The third-order valence-electron chi connectivity index (χ3n) is 7.25. The van der Waals surface area contributed by atoms with E-state index in [1.54, 1.807) is 0 Å². The molecule has 0 radical (unpaired) electrons. The second kappa shape index (κ2) is 10.5. The SMILES string of the molecule is CCCNC(=O)c1ccc2c(c1)C(c1ccc(Cl)cc1)=N[C@@H](CO[Si](C)(C)C(C)(C)C)c1nnc(C)n1-2. The summed E-state index contributed by atoms with van der Waals surface area (Å²) in [5.41, 5.74) is 3.98. The van der Waals surface area contributed by atoms with Gasteiger partial charge in [-0.1, -0.05) is 51.4 Å². The standard InChI is InChI=1S/C28H36ClN5O2Si/c1-8-15-30-27(35)20-11-14-24-22(16-20)25(19-9-12-21(29)13-10-19)31-23(26-33-32-18(2)34(24)26)17-36-37(6,7)28(3,4)5/h9-14,16,23H,8,15,17H2,1-7H3,(H,30,35)/t23-/m0/s1. The number of aryl methyl sites for hydroxylation is 1. The second-order valence-electron chi connectivity index (χ2n) is 11.0. The average Bonchev–Trinajstić information content (AvgIpc) is 3.16. The van der Waals surface area contributed by atoms with Crippen LogP contribution in [0, 0.1) is 6.92 Å². The molecule has 1 aliphatic heterocycles. The predicted octanol–water partition coefficient (Wildman–Crippen LogP) is 6.28. The van der Waals surface area contributed by atoms with Crippen molar-refractivity contribution in [1.82, 2.24) is 20.1 Å². The average molecular weight is 538 g/mol. The first kappa shape index (κ1) is 27.2. The lowest BCUT2D eigenvalue weighted by atomic mass is 9.98. The smallest absolute Gasteiger partial charge is 0.251 e. The molecule has 0 bridgehead atoms. The van der Waals surface area contributed by atoms with Gasteiger partial charge in [0.15, 0.2) is 14.1 Å². The molecule has 9 heteroatoms. The molecule has 0 unspecified atom stereocenters. The van der Waals surface area contributed by atoms with E-state index in [2.05, 4.69) is 49.4 Å². The van der Waals surface area contributed by atoms with E-state index in [-0.39, 0.29) is 17.0 Å². The predicted molar refractivity (Wildman–Crippen MR) is 152 cm³/mol. The van der Waals surface area contributed by atoms with E-state index >= 15 is 0 Å². The fourth-order valence-corrected chi connectivity index (χ4v) is 5.16. The van der Waals surface area contributed by atoms with Gasteiger partial charge in [-0.25, -0.2) is 0 Å². The lowest BCUT2D eigenvalue weighted by molar-refractivity contribution is 0.0953. The highest BCUT2D eigenvalue weighted by Crippen LogP contribution is 2.38. The van der Waals surface area contributed by atoms with E-state index in [0.717, 1.165) is 40.6 Å². The van der Waals surface area contributed by atoms with Gasteiger partial charge in [0.2, 0.25) is 0 Å². The summed E-state index contributed by atoms with van der Waals surface area (Å²) in [6, 6.07) is 13.0. The van der Waals surface area contributed by atoms with Gasteiger partial charge in [0.25, 0.3) is 5.91 Å². The zero-order valence-corrected chi connectivity index (χ0v) is 24.5. The Balaban J connectivity index is 1.88. The molecule has 7 nitrogen and oxygen atoms in total. The molecule has 1 atom stereocenters. The number of hydrogen-bond donors (Lipinski definition) is 1. The number of carbonyl (C=O) groups is 1. The molecule has 3 aromatic rings. The van der Waals surface area contributed by atoms with Crippen LogP contribution in [0.4, 0.5) is 0 Å². The van der Waals surface area contributed by atoms with Crippen LogP contribution in [-0.2, 0) is 4.43 Å². The zero-order valence-electron chi connectivity index (χ0n) is 22.7.